The van der Waals surface area contributed by atoms with E-state index in [4.69, 9.17) is 9.40 Å². The van der Waals surface area contributed by atoms with Crippen molar-refractivity contribution in [1.82, 2.24) is 14.9 Å². The lowest BCUT2D eigenvalue weighted by atomic mass is 10.1. The third-order valence-electron chi connectivity index (χ3n) is 5.36. The lowest BCUT2D eigenvalue weighted by Crippen LogP contribution is -2.29. The summed E-state index contributed by atoms with van der Waals surface area (Å²) in [4.78, 5) is 11.4. The van der Waals surface area contributed by atoms with E-state index in [1.165, 1.54) is 24.9 Å². The van der Waals surface area contributed by atoms with E-state index in [2.05, 4.69) is 41.1 Å². The van der Waals surface area contributed by atoms with Crippen molar-refractivity contribution >= 4 is 24.8 Å². The maximum absolute atomic E-state index is 5.95. The van der Waals surface area contributed by atoms with Gasteiger partial charge in [0.05, 0.1) is 5.69 Å². The Hall–Kier alpha value is -1.88. The normalized spacial score (nSPS) is 16.4. The monoisotopic (exact) mass is 419 g/mol. The fourth-order valence-electron chi connectivity index (χ4n) is 3.71. The number of aryl methyl sites for hydroxylation is 1. The van der Waals surface area contributed by atoms with Gasteiger partial charge in [-0.3, -0.25) is 4.98 Å². The SMILES string of the molecule is Cc1oc(-c2ccc(-c3ccncc3)cc2)nc1CCN1CCCC1C.Cl.Cl. The van der Waals surface area contributed by atoms with Crippen LogP contribution in [0.3, 0.4) is 0 Å². The molecule has 28 heavy (non-hydrogen) atoms. The fraction of sp³-hybridized carbons (Fsp3) is 0.364. The van der Waals surface area contributed by atoms with E-state index >= 15 is 0 Å². The highest BCUT2D eigenvalue weighted by Gasteiger charge is 2.21. The summed E-state index contributed by atoms with van der Waals surface area (Å²) in [5.74, 6) is 1.65. The van der Waals surface area contributed by atoms with Crippen LogP contribution >= 0.6 is 24.8 Å². The molecule has 0 saturated carbocycles. The Balaban J connectivity index is 0.00000140. The second kappa shape index (κ2) is 10.1. The van der Waals surface area contributed by atoms with Gasteiger partial charge < -0.3 is 9.32 Å². The number of likely N-dealkylation sites (tertiary alicyclic amines) is 1. The summed E-state index contributed by atoms with van der Waals surface area (Å²) in [6, 6.07) is 13.1. The number of aromatic nitrogens is 2. The maximum Gasteiger partial charge on any atom is 0.226 e. The Labute approximate surface area is 179 Å². The minimum atomic E-state index is 0. The minimum Gasteiger partial charge on any atom is -0.441 e. The molecule has 3 aromatic rings. The summed E-state index contributed by atoms with van der Waals surface area (Å²) in [6.45, 7) is 6.61. The summed E-state index contributed by atoms with van der Waals surface area (Å²) in [5, 5.41) is 0. The third kappa shape index (κ3) is 4.93. The molecule has 1 unspecified atom stereocenters. The smallest absolute Gasteiger partial charge is 0.226 e. The van der Waals surface area contributed by atoms with Crippen molar-refractivity contribution < 1.29 is 4.42 Å². The average molecular weight is 420 g/mol. The first-order chi connectivity index (χ1) is 12.7. The Kier molecular flexibility index (Phi) is 8.05. The molecular weight excluding hydrogens is 393 g/mol. The zero-order valence-corrected chi connectivity index (χ0v) is 17.9. The molecule has 150 valence electrons. The molecule has 1 saturated heterocycles. The van der Waals surface area contributed by atoms with Crippen LogP contribution in [0.25, 0.3) is 22.6 Å². The predicted molar refractivity (Wildman–Crippen MR) is 118 cm³/mol. The molecule has 4 nitrogen and oxygen atoms in total. The summed E-state index contributed by atoms with van der Waals surface area (Å²) in [6.07, 6.45) is 7.21. The molecule has 0 radical (unpaired) electrons. The maximum atomic E-state index is 5.95. The molecule has 1 atom stereocenters. The zero-order chi connectivity index (χ0) is 17.9. The Morgan fingerprint density at radius 2 is 1.64 bits per heavy atom. The highest BCUT2D eigenvalue weighted by Crippen LogP contribution is 2.26. The van der Waals surface area contributed by atoms with E-state index in [0.717, 1.165) is 35.5 Å². The van der Waals surface area contributed by atoms with Gasteiger partial charge in [-0.25, -0.2) is 4.98 Å². The van der Waals surface area contributed by atoms with Gasteiger partial charge in [0.15, 0.2) is 0 Å². The summed E-state index contributed by atoms with van der Waals surface area (Å²) in [5.41, 5.74) is 4.43. The molecule has 0 N–H and O–H groups in total. The fourth-order valence-corrected chi connectivity index (χ4v) is 3.71. The molecule has 1 aromatic carbocycles. The number of benzene rings is 1. The van der Waals surface area contributed by atoms with Crippen LogP contribution in [0.1, 0.15) is 31.2 Å². The van der Waals surface area contributed by atoms with Gasteiger partial charge in [-0.2, -0.15) is 0 Å². The van der Waals surface area contributed by atoms with Crippen molar-refractivity contribution in [3.8, 4) is 22.6 Å². The lowest BCUT2D eigenvalue weighted by Gasteiger charge is -2.20. The topological polar surface area (TPSA) is 42.2 Å². The van der Waals surface area contributed by atoms with Crippen LogP contribution in [-0.4, -0.2) is 34.0 Å². The largest absolute Gasteiger partial charge is 0.441 e. The first kappa shape index (κ1) is 22.4. The molecule has 1 fully saturated rings. The standard InChI is InChI=1S/C22H25N3O.2ClH/c1-16-4-3-14-25(16)15-11-21-17(2)26-22(24-21)20-7-5-18(6-8-20)19-9-12-23-13-10-19;;/h5-10,12-13,16H,3-4,11,14-15H2,1-2H3;2*1H. The van der Waals surface area contributed by atoms with Crippen molar-refractivity contribution in [2.75, 3.05) is 13.1 Å². The molecule has 0 spiro atoms. The number of nitrogens with zero attached hydrogens (tertiary/aromatic N) is 3. The van der Waals surface area contributed by atoms with Gasteiger partial charge in [-0.05, 0) is 68.6 Å². The average Bonchev–Trinajstić information content (AvgIpc) is 3.26. The molecule has 0 aliphatic carbocycles. The summed E-state index contributed by atoms with van der Waals surface area (Å²) in [7, 11) is 0. The van der Waals surface area contributed by atoms with Crippen LogP contribution in [0.15, 0.2) is 53.2 Å². The number of hydrogen-bond acceptors (Lipinski definition) is 4. The van der Waals surface area contributed by atoms with E-state index < -0.39 is 0 Å². The summed E-state index contributed by atoms with van der Waals surface area (Å²) < 4.78 is 5.95. The molecular formula is C22H27Cl2N3O. The molecule has 3 heterocycles. The van der Waals surface area contributed by atoms with E-state index in [9.17, 15) is 0 Å². The van der Waals surface area contributed by atoms with E-state index in [-0.39, 0.29) is 24.8 Å². The van der Waals surface area contributed by atoms with Gasteiger partial charge in [-0.15, -0.1) is 24.8 Å². The number of rotatable bonds is 5. The molecule has 0 amide bonds. The number of hydrogen-bond donors (Lipinski definition) is 0. The van der Waals surface area contributed by atoms with Crippen molar-refractivity contribution in [3.05, 3.63) is 60.2 Å². The highest BCUT2D eigenvalue weighted by molar-refractivity contribution is 5.85. The van der Waals surface area contributed by atoms with Crippen molar-refractivity contribution in [2.45, 2.75) is 39.2 Å². The quantitative estimate of drug-likeness (QED) is 0.540. The van der Waals surface area contributed by atoms with Crippen molar-refractivity contribution in [3.63, 3.8) is 0 Å². The zero-order valence-electron chi connectivity index (χ0n) is 16.3. The Morgan fingerprint density at radius 1 is 1.00 bits per heavy atom. The van der Waals surface area contributed by atoms with Crippen LogP contribution in [0, 0.1) is 6.92 Å². The van der Waals surface area contributed by atoms with Crippen LogP contribution in [0.2, 0.25) is 0 Å². The van der Waals surface area contributed by atoms with Crippen LogP contribution in [0.5, 0.6) is 0 Å². The predicted octanol–water partition coefficient (Wildman–Crippen LogP) is 5.58. The highest BCUT2D eigenvalue weighted by atomic mass is 35.5. The number of pyridine rings is 1. The second-order valence-corrected chi connectivity index (χ2v) is 7.11. The van der Waals surface area contributed by atoms with Gasteiger partial charge in [-0.1, -0.05) is 12.1 Å². The van der Waals surface area contributed by atoms with E-state index in [1.54, 1.807) is 0 Å². The van der Waals surface area contributed by atoms with Gasteiger partial charge in [0.2, 0.25) is 5.89 Å². The number of halogens is 2. The first-order valence-electron chi connectivity index (χ1n) is 9.42. The van der Waals surface area contributed by atoms with E-state index in [0.29, 0.717) is 11.9 Å². The van der Waals surface area contributed by atoms with Crippen molar-refractivity contribution in [1.29, 1.82) is 0 Å². The van der Waals surface area contributed by atoms with Gasteiger partial charge in [0.25, 0.3) is 0 Å². The molecule has 6 heteroatoms. The Bertz CT molecular complexity index is 865. The van der Waals surface area contributed by atoms with Crippen molar-refractivity contribution in [2.24, 2.45) is 0 Å². The first-order valence-corrected chi connectivity index (χ1v) is 9.42. The van der Waals surface area contributed by atoms with Crippen LogP contribution in [-0.2, 0) is 6.42 Å². The third-order valence-corrected chi connectivity index (χ3v) is 5.36. The van der Waals surface area contributed by atoms with E-state index in [1.807, 2.05) is 31.5 Å². The Morgan fingerprint density at radius 3 is 2.29 bits per heavy atom. The number of oxazole rings is 1. The van der Waals surface area contributed by atoms with Crippen LogP contribution in [0.4, 0.5) is 0 Å². The lowest BCUT2D eigenvalue weighted by molar-refractivity contribution is 0.271. The molecule has 0 bridgehead atoms. The van der Waals surface area contributed by atoms with Gasteiger partial charge >= 0.3 is 0 Å². The molecule has 1 aliphatic heterocycles. The second-order valence-electron chi connectivity index (χ2n) is 7.11. The van der Waals surface area contributed by atoms with Crippen LogP contribution < -0.4 is 0 Å². The van der Waals surface area contributed by atoms with Gasteiger partial charge in [0, 0.05) is 37.0 Å². The van der Waals surface area contributed by atoms with Gasteiger partial charge in [0.1, 0.15) is 5.76 Å². The summed E-state index contributed by atoms with van der Waals surface area (Å²) >= 11 is 0. The molecule has 4 rings (SSSR count). The minimum absolute atomic E-state index is 0. The molecule has 2 aromatic heterocycles. The molecule has 1 aliphatic rings.